The Bertz CT molecular complexity index is 385. The van der Waals surface area contributed by atoms with E-state index in [0.717, 1.165) is 25.2 Å². The molecule has 0 atom stereocenters. The van der Waals surface area contributed by atoms with Gasteiger partial charge < -0.3 is 4.90 Å². The van der Waals surface area contributed by atoms with Gasteiger partial charge >= 0.3 is 0 Å². The average molecular weight is 274 g/mol. The van der Waals surface area contributed by atoms with Crippen LogP contribution in [-0.2, 0) is 6.42 Å². The molecule has 1 aromatic rings. The molecule has 15 heavy (non-hydrogen) atoms. The first-order valence-corrected chi connectivity index (χ1v) is 5.96. The maximum Gasteiger partial charge on any atom is 0.266 e. The van der Waals surface area contributed by atoms with Gasteiger partial charge in [0.25, 0.3) is 5.56 Å². The molecule has 84 valence electrons. The number of nitrogens with zero attached hydrogens (tertiary/aromatic N) is 2. The van der Waals surface area contributed by atoms with Crippen LogP contribution in [0.3, 0.4) is 0 Å². The maximum atomic E-state index is 11.6. The van der Waals surface area contributed by atoms with Crippen LogP contribution in [0.1, 0.15) is 26.5 Å². The van der Waals surface area contributed by atoms with Gasteiger partial charge in [0.2, 0.25) is 5.95 Å². The van der Waals surface area contributed by atoms with Crippen molar-refractivity contribution < 1.29 is 0 Å². The van der Waals surface area contributed by atoms with Crippen molar-refractivity contribution in [3.63, 3.8) is 0 Å². The summed E-state index contributed by atoms with van der Waals surface area (Å²) in [5.74, 6) is 0.657. The highest BCUT2D eigenvalue weighted by Crippen LogP contribution is 2.13. The summed E-state index contributed by atoms with van der Waals surface area (Å²) in [6, 6.07) is 0. The van der Waals surface area contributed by atoms with Crippen LogP contribution in [0, 0.1) is 0 Å². The summed E-state index contributed by atoms with van der Waals surface area (Å²) < 4.78 is 0.543. The molecule has 0 aliphatic rings. The van der Waals surface area contributed by atoms with Crippen molar-refractivity contribution in [2.45, 2.75) is 27.2 Å². The smallest absolute Gasteiger partial charge is 0.266 e. The topological polar surface area (TPSA) is 49.0 Å². The normalized spacial score (nSPS) is 10.4. The van der Waals surface area contributed by atoms with Crippen molar-refractivity contribution in [1.82, 2.24) is 9.97 Å². The molecule has 5 heteroatoms. The van der Waals surface area contributed by atoms with E-state index in [9.17, 15) is 4.79 Å². The summed E-state index contributed by atoms with van der Waals surface area (Å²) in [7, 11) is 0. The zero-order valence-electron chi connectivity index (χ0n) is 9.30. The van der Waals surface area contributed by atoms with Crippen molar-refractivity contribution in [1.29, 1.82) is 0 Å². The van der Waals surface area contributed by atoms with Gasteiger partial charge in [-0.15, -0.1) is 0 Å². The number of rotatable bonds is 4. The Morgan fingerprint density at radius 2 is 1.93 bits per heavy atom. The van der Waals surface area contributed by atoms with E-state index in [1.54, 1.807) is 0 Å². The van der Waals surface area contributed by atoms with Gasteiger partial charge in [-0.1, -0.05) is 6.92 Å². The summed E-state index contributed by atoms with van der Waals surface area (Å²) in [4.78, 5) is 20.8. The fraction of sp³-hybridized carbons (Fsp3) is 0.600. The molecule has 0 aromatic carbocycles. The molecule has 0 aliphatic heterocycles. The number of nitrogens with one attached hydrogen (secondary N) is 1. The predicted octanol–water partition coefficient (Wildman–Crippen LogP) is 1.94. The van der Waals surface area contributed by atoms with E-state index >= 15 is 0 Å². The minimum atomic E-state index is -0.108. The number of hydrogen-bond donors (Lipinski definition) is 1. The van der Waals surface area contributed by atoms with Gasteiger partial charge in [-0.3, -0.25) is 9.78 Å². The minimum absolute atomic E-state index is 0.108. The Hall–Kier alpha value is -0.840. The summed E-state index contributed by atoms with van der Waals surface area (Å²) in [5, 5.41) is 0. The fourth-order valence-electron chi connectivity index (χ4n) is 1.40. The number of aromatic nitrogens is 2. The predicted molar refractivity (Wildman–Crippen MR) is 65.5 cm³/mol. The molecule has 0 radical (unpaired) electrons. The molecule has 0 unspecified atom stereocenters. The van der Waals surface area contributed by atoms with Crippen molar-refractivity contribution >= 4 is 21.9 Å². The van der Waals surface area contributed by atoms with Crippen molar-refractivity contribution in [3.8, 4) is 0 Å². The molecule has 1 aromatic heterocycles. The lowest BCUT2D eigenvalue weighted by Gasteiger charge is -2.19. The zero-order chi connectivity index (χ0) is 11.4. The second kappa shape index (κ2) is 5.30. The highest BCUT2D eigenvalue weighted by Gasteiger charge is 2.10. The average Bonchev–Trinajstić information content (AvgIpc) is 2.24. The van der Waals surface area contributed by atoms with Gasteiger partial charge in [-0.2, -0.15) is 0 Å². The number of aryl methyl sites for hydroxylation is 1. The SMILES string of the molecule is CCc1nc(N(CC)CC)[nH]c(=O)c1Br. The summed E-state index contributed by atoms with van der Waals surface area (Å²) in [6.07, 6.45) is 0.749. The van der Waals surface area contributed by atoms with Crippen molar-refractivity contribution in [2.24, 2.45) is 0 Å². The lowest BCUT2D eigenvalue weighted by atomic mass is 10.3. The quantitative estimate of drug-likeness (QED) is 0.912. The van der Waals surface area contributed by atoms with Crippen LogP contribution in [0.4, 0.5) is 5.95 Å². The zero-order valence-corrected chi connectivity index (χ0v) is 10.9. The van der Waals surface area contributed by atoms with E-state index in [1.807, 2.05) is 25.7 Å². The third kappa shape index (κ3) is 2.59. The first kappa shape index (κ1) is 12.2. The van der Waals surface area contributed by atoms with E-state index in [4.69, 9.17) is 0 Å². The number of H-pyrrole nitrogens is 1. The number of aromatic amines is 1. The molecule has 0 bridgehead atoms. The fourth-order valence-corrected chi connectivity index (χ4v) is 1.87. The molecule has 0 aliphatic carbocycles. The Labute approximate surface area is 97.8 Å². The lowest BCUT2D eigenvalue weighted by molar-refractivity contribution is 0.801. The molecule has 1 N–H and O–H groups in total. The van der Waals surface area contributed by atoms with Gasteiger partial charge in [0.05, 0.1) is 5.69 Å². The van der Waals surface area contributed by atoms with Crippen LogP contribution in [0.25, 0.3) is 0 Å². The number of anilines is 1. The van der Waals surface area contributed by atoms with Crippen LogP contribution >= 0.6 is 15.9 Å². The monoisotopic (exact) mass is 273 g/mol. The van der Waals surface area contributed by atoms with E-state index in [-0.39, 0.29) is 5.56 Å². The highest BCUT2D eigenvalue weighted by atomic mass is 79.9. The van der Waals surface area contributed by atoms with E-state index in [1.165, 1.54) is 0 Å². The molecular weight excluding hydrogens is 258 g/mol. The summed E-state index contributed by atoms with van der Waals surface area (Å²) in [6.45, 7) is 7.74. The Morgan fingerprint density at radius 1 is 1.33 bits per heavy atom. The number of hydrogen-bond acceptors (Lipinski definition) is 3. The van der Waals surface area contributed by atoms with Gasteiger partial charge in [0, 0.05) is 13.1 Å². The largest absolute Gasteiger partial charge is 0.343 e. The first-order valence-electron chi connectivity index (χ1n) is 5.17. The third-order valence-corrected chi connectivity index (χ3v) is 3.13. The van der Waals surface area contributed by atoms with Gasteiger partial charge in [0.1, 0.15) is 4.47 Å². The van der Waals surface area contributed by atoms with Gasteiger partial charge in [-0.05, 0) is 36.2 Å². The second-order valence-corrected chi connectivity index (χ2v) is 3.97. The van der Waals surface area contributed by atoms with Crippen LogP contribution < -0.4 is 10.5 Å². The van der Waals surface area contributed by atoms with E-state index < -0.39 is 0 Å². The van der Waals surface area contributed by atoms with Crippen molar-refractivity contribution in [3.05, 3.63) is 20.5 Å². The second-order valence-electron chi connectivity index (χ2n) is 3.18. The first-order chi connectivity index (χ1) is 7.13. The summed E-state index contributed by atoms with van der Waals surface area (Å²) >= 11 is 3.24. The molecule has 0 saturated carbocycles. The van der Waals surface area contributed by atoms with Crippen LogP contribution in [0.15, 0.2) is 9.27 Å². The Kier molecular flexibility index (Phi) is 4.32. The molecule has 4 nitrogen and oxygen atoms in total. The molecule has 1 heterocycles. The lowest BCUT2D eigenvalue weighted by Crippen LogP contribution is -2.27. The molecule has 0 saturated heterocycles. The van der Waals surface area contributed by atoms with Crippen molar-refractivity contribution in [2.75, 3.05) is 18.0 Å². The van der Waals surface area contributed by atoms with Gasteiger partial charge in [0.15, 0.2) is 0 Å². The molecule has 1 rings (SSSR count). The Balaban J connectivity index is 3.21. The van der Waals surface area contributed by atoms with Crippen LogP contribution in [0.5, 0.6) is 0 Å². The number of halogens is 1. The highest BCUT2D eigenvalue weighted by molar-refractivity contribution is 9.10. The molecule has 0 fully saturated rings. The van der Waals surface area contributed by atoms with E-state index in [0.29, 0.717) is 10.4 Å². The standard InChI is InChI=1S/C10H16BrN3O/c1-4-7-8(11)9(15)13-10(12-7)14(5-2)6-3/h4-6H2,1-3H3,(H,12,13,15). The third-order valence-electron chi connectivity index (χ3n) is 2.32. The summed E-state index contributed by atoms with van der Waals surface area (Å²) in [5.41, 5.74) is 0.699. The molecular formula is C10H16BrN3O. The van der Waals surface area contributed by atoms with Gasteiger partial charge in [-0.25, -0.2) is 4.98 Å². The minimum Gasteiger partial charge on any atom is -0.343 e. The van der Waals surface area contributed by atoms with Crippen LogP contribution in [0.2, 0.25) is 0 Å². The molecule has 0 amide bonds. The maximum absolute atomic E-state index is 11.6. The Morgan fingerprint density at radius 3 is 2.40 bits per heavy atom. The van der Waals surface area contributed by atoms with E-state index in [2.05, 4.69) is 25.9 Å². The molecule has 0 spiro atoms. The van der Waals surface area contributed by atoms with Crippen LogP contribution in [-0.4, -0.2) is 23.1 Å².